The highest BCUT2D eigenvalue weighted by atomic mass is 16.4. The number of benzene rings is 1. The van der Waals surface area contributed by atoms with Crippen LogP contribution in [-0.4, -0.2) is 37.3 Å². The summed E-state index contributed by atoms with van der Waals surface area (Å²) in [6, 6.07) is 3.67. The van der Waals surface area contributed by atoms with Gasteiger partial charge in [-0.15, -0.1) is 0 Å². The van der Waals surface area contributed by atoms with Crippen LogP contribution in [0.15, 0.2) is 24.5 Å². The summed E-state index contributed by atoms with van der Waals surface area (Å²) >= 11 is 0. The Balaban J connectivity index is 2.64. The van der Waals surface area contributed by atoms with Crippen LogP contribution in [0.4, 0.5) is 0 Å². The van der Waals surface area contributed by atoms with E-state index in [0.717, 1.165) is 0 Å². The van der Waals surface area contributed by atoms with Crippen molar-refractivity contribution in [2.45, 2.75) is 0 Å². The molecule has 1 aromatic heterocycles. The minimum Gasteiger partial charge on any atom is -0.478 e. The van der Waals surface area contributed by atoms with Crippen LogP contribution in [0.5, 0.6) is 0 Å². The van der Waals surface area contributed by atoms with E-state index in [9.17, 15) is 9.59 Å². The minimum atomic E-state index is -1.17. The Kier molecular flexibility index (Phi) is 2.57. The average molecular weight is 233 g/mol. The number of nitrogens with one attached hydrogen (secondary N) is 1. The monoisotopic (exact) mass is 233 g/mol. The van der Waals surface area contributed by atoms with Gasteiger partial charge in [0.15, 0.2) is 5.82 Å². The fourth-order valence-electron chi connectivity index (χ4n) is 1.39. The van der Waals surface area contributed by atoms with Crippen molar-refractivity contribution in [2.75, 3.05) is 0 Å². The van der Waals surface area contributed by atoms with Gasteiger partial charge in [-0.1, -0.05) is 0 Å². The molecule has 1 aromatic carbocycles. The fraction of sp³-hybridized carbons (Fsp3) is 0. The topological polar surface area (TPSA) is 116 Å². The molecule has 0 radical (unpaired) electrons. The Bertz CT molecular complexity index is 577. The maximum atomic E-state index is 11.0. The molecule has 0 bridgehead atoms. The summed E-state index contributed by atoms with van der Waals surface area (Å²) in [7, 11) is 0. The first kappa shape index (κ1) is 10.8. The van der Waals surface area contributed by atoms with Crippen LogP contribution in [0.2, 0.25) is 0 Å². The summed E-state index contributed by atoms with van der Waals surface area (Å²) in [6.07, 6.45) is 1.29. The number of nitrogens with zero attached hydrogens (tertiary/aromatic N) is 2. The first-order valence-electron chi connectivity index (χ1n) is 4.56. The molecule has 0 amide bonds. The van der Waals surface area contributed by atoms with Crippen LogP contribution >= 0.6 is 0 Å². The van der Waals surface area contributed by atoms with Crippen LogP contribution in [0.3, 0.4) is 0 Å². The van der Waals surface area contributed by atoms with Crippen LogP contribution in [-0.2, 0) is 0 Å². The highest BCUT2D eigenvalue weighted by molar-refractivity contribution is 5.98. The quantitative estimate of drug-likeness (QED) is 0.724. The Morgan fingerprint density at radius 2 is 1.94 bits per heavy atom. The maximum absolute atomic E-state index is 11.0. The summed E-state index contributed by atoms with van der Waals surface area (Å²) in [6.45, 7) is 0. The number of aromatic amines is 1. The lowest BCUT2D eigenvalue weighted by Crippen LogP contribution is -2.04. The van der Waals surface area contributed by atoms with E-state index in [1.54, 1.807) is 0 Å². The van der Waals surface area contributed by atoms with Crippen molar-refractivity contribution in [3.8, 4) is 11.4 Å². The van der Waals surface area contributed by atoms with E-state index >= 15 is 0 Å². The van der Waals surface area contributed by atoms with Crippen molar-refractivity contribution in [3.05, 3.63) is 35.7 Å². The Morgan fingerprint density at radius 3 is 2.47 bits per heavy atom. The largest absolute Gasteiger partial charge is 0.478 e. The molecule has 0 unspecified atom stereocenters. The van der Waals surface area contributed by atoms with E-state index in [0.29, 0.717) is 0 Å². The molecule has 0 aliphatic carbocycles. The molecule has 0 aliphatic heterocycles. The van der Waals surface area contributed by atoms with Gasteiger partial charge in [0.2, 0.25) is 0 Å². The van der Waals surface area contributed by atoms with Crippen molar-refractivity contribution < 1.29 is 19.8 Å². The Hall–Kier alpha value is -2.70. The molecule has 17 heavy (non-hydrogen) atoms. The predicted octanol–water partition coefficient (Wildman–Crippen LogP) is 0.868. The van der Waals surface area contributed by atoms with E-state index in [4.69, 9.17) is 10.2 Å². The first-order valence-corrected chi connectivity index (χ1v) is 4.56. The van der Waals surface area contributed by atoms with Crippen molar-refractivity contribution in [1.29, 1.82) is 0 Å². The molecule has 0 saturated carbocycles. The predicted molar refractivity (Wildman–Crippen MR) is 55.7 cm³/mol. The Morgan fingerprint density at radius 1 is 1.18 bits per heavy atom. The van der Waals surface area contributed by atoms with Gasteiger partial charge in [0, 0.05) is 5.56 Å². The number of hydrogen-bond donors (Lipinski definition) is 3. The molecular formula is C10H7N3O4. The van der Waals surface area contributed by atoms with E-state index in [1.807, 2.05) is 0 Å². The van der Waals surface area contributed by atoms with Crippen molar-refractivity contribution in [1.82, 2.24) is 15.2 Å². The van der Waals surface area contributed by atoms with Gasteiger partial charge < -0.3 is 10.2 Å². The molecule has 3 N–H and O–H groups in total. The van der Waals surface area contributed by atoms with Gasteiger partial charge in [-0.25, -0.2) is 14.6 Å². The highest BCUT2D eigenvalue weighted by Gasteiger charge is 2.16. The van der Waals surface area contributed by atoms with Crippen LogP contribution in [0.1, 0.15) is 20.7 Å². The van der Waals surface area contributed by atoms with Gasteiger partial charge in [0.05, 0.1) is 11.1 Å². The fourth-order valence-corrected chi connectivity index (χ4v) is 1.39. The molecule has 2 aromatic rings. The third-order valence-electron chi connectivity index (χ3n) is 2.15. The molecule has 0 aliphatic rings. The lowest BCUT2D eigenvalue weighted by Gasteiger charge is -2.03. The Labute approximate surface area is 94.7 Å². The van der Waals surface area contributed by atoms with Gasteiger partial charge in [-0.05, 0) is 18.2 Å². The van der Waals surface area contributed by atoms with Crippen LogP contribution in [0.25, 0.3) is 11.4 Å². The maximum Gasteiger partial charge on any atom is 0.336 e. The van der Waals surface area contributed by atoms with Gasteiger partial charge in [-0.2, -0.15) is 5.10 Å². The number of H-pyrrole nitrogens is 1. The smallest absolute Gasteiger partial charge is 0.336 e. The van der Waals surface area contributed by atoms with Crippen molar-refractivity contribution in [2.24, 2.45) is 0 Å². The molecule has 86 valence electrons. The average Bonchev–Trinajstić information content (AvgIpc) is 2.81. The second-order valence-electron chi connectivity index (χ2n) is 3.19. The summed E-state index contributed by atoms with van der Waals surface area (Å²) in [5.41, 5.74) is 0.100. The van der Waals surface area contributed by atoms with Crippen molar-refractivity contribution >= 4 is 11.9 Å². The third-order valence-corrected chi connectivity index (χ3v) is 2.15. The van der Waals surface area contributed by atoms with Crippen LogP contribution in [0, 0.1) is 0 Å². The molecule has 0 saturated heterocycles. The summed E-state index contributed by atoms with van der Waals surface area (Å²) in [5, 5.41) is 24.0. The number of hydrogen-bond acceptors (Lipinski definition) is 4. The lowest BCUT2D eigenvalue weighted by molar-refractivity contribution is 0.0682. The highest BCUT2D eigenvalue weighted by Crippen LogP contribution is 2.21. The summed E-state index contributed by atoms with van der Waals surface area (Å²) < 4.78 is 0. The molecular weight excluding hydrogens is 226 g/mol. The second-order valence-corrected chi connectivity index (χ2v) is 3.19. The lowest BCUT2D eigenvalue weighted by atomic mass is 10.0. The standard InChI is InChI=1S/C10H7N3O4/c14-9(15)5-1-2-6(10(16)17)7(3-5)8-11-4-12-13-8/h1-4H,(H,14,15)(H,16,17)(H,11,12,13). The number of carboxylic acids is 2. The number of rotatable bonds is 3. The minimum absolute atomic E-state index is 0.0187. The van der Waals surface area contributed by atoms with E-state index in [-0.39, 0.29) is 22.5 Å². The van der Waals surface area contributed by atoms with Gasteiger partial charge in [0.1, 0.15) is 6.33 Å². The first-order chi connectivity index (χ1) is 8.09. The number of aromatic nitrogens is 3. The summed E-state index contributed by atoms with van der Waals surface area (Å²) in [4.78, 5) is 25.6. The SMILES string of the molecule is O=C(O)c1ccc(C(=O)O)c(-c2nc[nH]n2)c1. The zero-order valence-corrected chi connectivity index (χ0v) is 8.41. The second kappa shape index (κ2) is 4.05. The molecule has 7 nitrogen and oxygen atoms in total. The molecule has 1 heterocycles. The normalized spacial score (nSPS) is 10.1. The molecule has 2 rings (SSSR count). The molecule has 7 heteroatoms. The summed E-state index contributed by atoms with van der Waals surface area (Å²) in [5.74, 6) is -2.16. The van der Waals surface area contributed by atoms with Crippen molar-refractivity contribution in [3.63, 3.8) is 0 Å². The number of aromatic carboxylic acids is 2. The number of carboxylic acid groups (broad SMARTS) is 2. The number of carbonyl (C=O) groups is 2. The van der Waals surface area contributed by atoms with E-state index < -0.39 is 11.9 Å². The van der Waals surface area contributed by atoms with E-state index in [1.165, 1.54) is 24.5 Å². The molecule has 0 atom stereocenters. The zero-order valence-electron chi connectivity index (χ0n) is 8.41. The molecule has 0 spiro atoms. The zero-order chi connectivity index (χ0) is 12.4. The van der Waals surface area contributed by atoms with Gasteiger partial charge in [-0.3, -0.25) is 5.10 Å². The van der Waals surface area contributed by atoms with E-state index in [2.05, 4.69) is 15.2 Å². The van der Waals surface area contributed by atoms with Gasteiger partial charge in [0.25, 0.3) is 0 Å². The van der Waals surface area contributed by atoms with Crippen LogP contribution < -0.4 is 0 Å². The third kappa shape index (κ3) is 1.98. The van der Waals surface area contributed by atoms with Gasteiger partial charge >= 0.3 is 11.9 Å². The molecule has 0 fully saturated rings.